The number of nitrogens with zero attached hydrogens (tertiary/aromatic N) is 2. The lowest BCUT2D eigenvalue weighted by molar-refractivity contribution is -0.130. The van der Waals surface area contributed by atoms with Gasteiger partial charge in [-0.15, -0.1) is 0 Å². The van der Waals surface area contributed by atoms with Crippen molar-refractivity contribution >= 4 is 11.6 Å². The maximum absolute atomic E-state index is 12.4. The molecule has 1 atom stereocenters. The Balaban J connectivity index is 2.07. The molecule has 1 aliphatic rings. The molecule has 3 rings (SSSR count). The maximum atomic E-state index is 12.4. The minimum absolute atomic E-state index is 0.175. The lowest BCUT2D eigenvalue weighted by atomic mass is 9.97. The molecule has 0 N–H and O–H groups in total. The van der Waals surface area contributed by atoms with Crippen LogP contribution in [0.15, 0.2) is 35.4 Å². The smallest absolute Gasteiger partial charge is 0.240 e. The molecular formula is C22H26N2O6. The van der Waals surface area contributed by atoms with Crippen molar-refractivity contribution in [1.29, 1.82) is 0 Å². The Labute approximate surface area is 175 Å². The molecule has 1 heterocycles. The zero-order valence-electron chi connectivity index (χ0n) is 18.0. The number of benzene rings is 2. The molecule has 0 fully saturated rings. The summed E-state index contributed by atoms with van der Waals surface area (Å²) in [7, 11) is 7.86. The number of hydrogen-bond acceptors (Lipinski definition) is 7. The van der Waals surface area contributed by atoms with Crippen LogP contribution in [0, 0.1) is 0 Å². The van der Waals surface area contributed by atoms with Crippen LogP contribution in [0.5, 0.6) is 28.7 Å². The highest BCUT2D eigenvalue weighted by atomic mass is 16.5. The van der Waals surface area contributed by atoms with Crippen molar-refractivity contribution in [3.63, 3.8) is 0 Å². The number of carbonyl (C=O) groups excluding carboxylic acids is 1. The fourth-order valence-electron chi connectivity index (χ4n) is 3.56. The highest BCUT2D eigenvalue weighted by Crippen LogP contribution is 2.43. The van der Waals surface area contributed by atoms with Crippen LogP contribution in [0.4, 0.5) is 0 Å². The normalized spacial score (nSPS) is 15.5. The van der Waals surface area contributed by atoms with E-state index >= 15 is 0 Å². The summed E-state index contributed by atoms with van der Waals surface area (Å²) in [5.74, 6) is 2.69. The standard InChI is InChI=1S/C22H26N2O6/c1-13(25)24-18(14-9-20(28-4)22(30-6)21(10-14)29-5)12-17(23-24)16-11-15(26-2)7-8-19(16)27-3/h7-11,18H,12H2,1-6H3/t18-/m1/s1. The molecular weight excluding hydrogens is 388 g/mol. The Morgan fingerprint density at radius 2 is 1.53 bits per heavy atom. The maximum Gasteiger partial charge on any atom is 0.240 e. The van der Waals surface area contributed by atoms with Gasteiger partial charge in [0.2, 0.25) is 11.7 Å². The van der Waals surface area contributed by atoms with Gasteiger partial charge in [0.05, 0.1) is 47.3 Å². The third-order valence-electron chi connectivity index (χ3n) is 5.02. The minimum atomic E-state index is -0.331. The fourth-order valence-corrected chi connectivity index (χ4v) is 3.56. The zero-order chi connectivity index (χ0) is 21.8. The third kappa shape index (κ3) is 3.85. The highest BCUT2D eigenvalue weighted by molar-refractivity contribution is 6.05. The molecule has 0 unspecified atom stereocenters. The average molecular weight is 414 g/mol. The molecule has 0 aromatic heterocycles. The first kappa shape index (κ1) is 21.3. The van der Waals surface area contributed by atoms with Gasteiger partial charge in [-0.05, 0) is 35.9 Å². The molecule has 2 aromatic rings. The second-order valence-corrected chi connectivity index (χ2v) is 6.66. The lowest BCUT2D eigenvalue weighted by Gasteiger charge is -2.22. The largest absolute Gasteiger partial charge is 0.497 e. The Morgan fingerprint density at radius 1 is 0.900 bits per heavy atom. The first-order chi connectivity index (χ1) is 14.5. The number of amides is 1. The predicted octanol–water partition coefficient (Wildman–Crippen LogP) is 3.43. The van der Waals surface area contributed by atoms with E-state index in [1.54, 1.807) is 35.5 Å². The van der Waals surface area contributed by atoms with Crippen molar-refractivity contribution in [3.8, 4) is 28.7 Å². The van der Waals surface area contributed by atoms with Gasteiger partial charge in [0.1, 0.15) is 11.5 Å². The molecule has 30 heavy (non-hydrogen) atoms. The first-order valence-corrected chi connectivity index (χ1v) is 9.36. The molecule has 160 valence electrons. The molecule has 0 spiro atoms. The summed E-state index contributed by atoms with van der Waals surface area (Å²) in [4.78, 5) is 12.4. The Hall–Kier alpha value is -3.42. The molecule has 2 aromatic carbocycles. The summed E-state index contributed by atoms with van der Waals surface area (Å²) in [5, 5.41) is 6.07. The minimum Gasteiger partial charge on any atom is -0.497 e. The summed E-state index contributed by atoms with van der Waals surface area (Å²) in [6.07, 6.45) is 0.488. The molecule has 8 nitrogen and oxygen atoms in total. The van der Waals surface area contributed by atoms with Gasteiger partial charge >= 0.3 is 0 Å². The average Bonchev–Trinajstić information content (AvgIpc) is 3.23. The van der Waals surface area contributed by atoms with Crippen molar-refractivity contribution in [3.05, 3.63) is 41.5 Å². The fraction of sp³-hybridized carbons (Fsp3) is 0.364. The van der Waals surface area contributed by atoms with Crippen molar-refractivity contribution in [1.82, 2.24) is 5.01 Å². The van der Waals surface area contributed by atoms with Crippen molar-refractivity contribution in [2.75, 3.05) is 35.5 Å². The molecule has 1 amide bonds. The van der Waals surface area contributed by atoms with Gasteiger partial charge in [0, 0.05) is 18.9 Å². The van der Waals surface area contributed by atoms with Crippen LogP contribution in [0.1, 0.15) is 30.5 Å². The topological polar surface area (TPSA) is 78.8 Å². The van der Waals surface area contributed by atoms with E-state index in [2.05, 4.69) is 5.10 Å². The number of hydrazone groups is 1. The van der Waals surface area contributed by atoms with E-state index in [1.807, 2.05) is 30.3 Å². The van der Waals surface area contributed by atoms with Crippen molar-refractivity contribution in [2.45, 2.75) is 19.4 Å². The Bertz CT molecular complexity index is 947. The lowest BCUT2D eigenvalue weighted by Crippen LogP contribution is -2.24. The summed E-state index contributed by atoms with van der Waals surface area (Å²) >= 11 is 0. The molecule has 0 saturated carbocycles. The zero-order valence-corrected chi connectivity index (χ0v) is 18.0. The first-order valence-electron chi connectivity index (χ1n) is 9.36. The van der Waals surface area contributed by atoms with Gasteiger partial charge in [0.25, 0.3) is 0 Å². The van der Waals surface area contributed by atoms with Gasteiger partial charge in [0.15, 0.2) is 11.5 Å². The van der Waals surface area contributed by atoms with Crippen LogP contribution in [-0.4, -0.2) is 52.2 Å². The summed E-state index contributed by atoms with van der Waals surface area (Å²) in [6.45, 7) is 1.49. The van der Waals surface area contributed by atoms with Crippen LogP contribution in [0.3, 0.4) is 0 Å². The summed E-state index contributed by atoms with van der Waals surface area (Å²) < 4.78 is 27.2. The molecule has 1 aliphatic heterocycles. The molecule has 0 bridgehead atoms. The summed E-state index contributed by atoms with van der Waals surface area (Å²) in [6, 6.07) is 8.83. The van der Waals surface area contributed by atoms with Crippen LogP contribution in [0.25, 0.3) is 0 Å². The van der Waals surface area contributed by atoms with E-state index in [4.69, 9.17) is 23.7 Å². The number of carbonyl (C=O) groups is 1. The van der Waals surface area contributed by atoms with Gasteiger partial charge in [-0.25, -0.2) is 5.01 Å². The van der Waals surface area contributed by atoms with Crippen LogP contribution >= 0.6 is 0 Å². The SMILES string of the molecule is COc1ccc(OC)c(C2=NN(C(C)=O)[C@@H](c3cc(OC)c(OC)c(OC)c3)C2)c1. The predicted molar refractivity (Wildman–Crippen MR) is 112 cm³/mol. The number of methoxy groups -OCH3 is 5. The van der Waals surface area contributed by atoms with Crippen molar-refractivity contribution < 1.29 is 28.5 Å². The van der Waals surface area contributed by atoms with Gasteiger partial charge in [-0.2, -0.15) is 5.10 Å². The number of ether oxygens (including phenoxy) is 5. The van der Waals surface area contributed by atoms with E-state index in [1.165, 1.54) is 11.9 Å². The molecule has 0 aliphatic carbocycles. The number of rotatable bonds is 7. The van der Waals surface area contributed by atoms with Crippen molar-refractivity contribution in [2.24, 2.45) is 5.10 Å². The van der Waals surface area contributed by atoms with E-state index in [0.29, 0.717) is 35.2 Å². The van der Waals surface area contributed by atoms with Gasteiger partial charge in [-0.1, -0.05) is 0 Å². The number of hydrogen-bond donors (Lipinski definition) is 0. The molecule has 0 saturated heterocycles. The van der Waals surface area contributed by atoms with Gasteiger partial charge < -0.3 is 23.7 Å². The van der Waals surface area contributed by atoms with E-state index in [-0.39, 0.29) is 11.9 Å². The monoisotopic (exact) mass is 414 g/mol. The van der Waals surface area contributed by atoms with E-state index in [9.17, 15) is 4.79 Å². The second kappa shape index (κ2) is 8.94. The molecule has 0 radical (unpaired) electrons. The van der Waals surface area contributed by atoms with E-state index < -0.39 is 0 Å². The van der Waals surface area contributed by atoms with Crippen LogP contribution < -0.4 is 23.7 Å². The van der Waals surface area contributed by atoms with Gasteiger partial charge in [-0.3, -0.25) is 4.79 Å². The summed E-state index contributed by atoms with van der Waals surface area (Å²) in [5.41, 5.74) is 2.32. The molecule has 8 heteroatoms. The van der Waals surface area contributed by atoms with Crippen LogP contribution in [-0.2, 0) is 4.79 Å². The quantitative estimate of drug-likeness (QED) is 0.691. The second-order valence-electron chi connectivity index (χ2n) is 6.66. The van der Waals surface area contributed by atoms with Crippen LogP contribution in [0.2, 0.25) is 0 Å². The Morgan fingerprint density at radius 3 is 2.03 bits per heavy atom. The van der Waals surface area contributed by atoms with E-state index in [0.717, 1.165) is 16.8 Å². The Kier molecular flexibility index (Phi) is 6.34. The third-order valence-corrected chi connectivity index (χ3v) is 5.02. The highest BCUT2D eigenvalue weighted by Gasteiger charge is 2.34.